The lowest BCUT2D eigenvalue weighted by molar-refractivity contribution is -0.317. The quantitative estimate of drug-likeness (QED) is 0.718. The molecule has 0 amide bonds. The summed E-state index contributed by atoms with van der Waals surface area (Å²) in [5, 5.41) is 11.2. The van der Waals surface area contributed by atoms with Crippen molar-refractivity contribution in [2.24, 2.45) is 23.2 Å². The van der Waals surface area contributed by atoms with Gasteiger partial charge in [-0.25, -0.2) is 0 Å². The van der Waals surface area contributed by atoms with E-state index in [0.29, 0.717) is 6.42 Å². The lowest BCUT2D eigenvalue weighted by Gasteiger charge is -2.57. The molecule has 4 saturated carbocycles. The molecule has 0 saturated heterocycles. The highest BCUT2D eigenvalue weighted by atomic mass is 16.6. The van der Waals surface area contributed by atoms with Crippen LogP contribution in [0.3, 0.4) is 0 Å². The molecule has 4 bridgehead atoms. The Balaban J connectivity index is 1.74. The molecular formula is C15H21O4-. The van der Waals surface area contributed by atoms with Gasteiger partial charge in [0.25, 0.3) is 0 Å². The van der Waals surface area contributed by atoms with Crippen LogP contribution in [-0.2, 0) is 14.3 Å². The summed E-state index contributed by atoms with van der Waals surface area (Å²) in [7, 11) is 0. The van der Waals surface area contributed by atoms with E-state index in [1.54, 1.807) is 0 Å². The smallest absolute Gasteiger partial charge is 0.303 e. The molecule has 1 unspecified atom stereocenters. The van der Waals surface area contributed by atoms with Gasteiger partial charge in [-0.15, -0.1) is 0 Å². The molecule has 0 spiro atoms. The summed E-state index contributed by atoms with van der Waals surface area (Å²) in [6.45, 7) is 1.26. The number of ether oxygens (including phenoxy) is 1. The fraction of sp³-hybridized carbons (Fsp3) is 0.867. The average molecular weight is 265 g/mol. The normalized spacial score (nSPS) is 41.0. The van der Waals surface area contributed by atoms with Crippen molar-refractivity contribution in [2.75, 3.05) is 0 Å². The second-order valence-electron chi connectivity index (χ2n) is 7.04. The lowest BCUT2D eigenvalue weighted by Crippen LogP contribution is -2.50. The summed E-state index contributed by atoms with van der Waals surface area (Å²) in [5.74, 6) is 0.535. The maximum atomic E-state index is 11.2. The van der Waals surface area contributed by atoms with E-state index < -0.39 is 18.0 Å². The van der Waals surface area contributed by atoms with Crippen LogP contribution in [0.25, 0.3) is 0 Å². The van der Waals surface area contributed by atoms with Gasteiger partial charge in [0.05, 0.1) is 5.97 Å². The minimum atomic E-state index is -1.24. The average Bonchev–Trinajstić information content (AvgIpc) is 2.24. The summed E-state index contributed by atoms with van der Waals surface area (Å²) in [4.78, 5) is 22.2. The predicted octanol–water partition coefficient (Wildman–Crippen LogP) is 1.27. The first-order chi connectivity index (χ1) is 8.96. The molecule has 0 heterocycles. The maximum absolute atomic E-state index is 11.2. The number of rotatable bonds is 4. The third kappa shape index (κ3) is 2.49. The van der Waals surface area contributed by atoms with Gasteiger partial charge in [0, 0.05) is 6.92 Å². The van der Waals surface area contributed by atoms with Crippen molar-refractivity contribution in [3.63, 3.8) is 0 Å². The highest BCUT2D eigenvalue weighted by molar-refractivity contribution is 5.75. The summed E-state index contributed by atoms with van der Waals surface area (Å²) >= 11 is 0. The molecule has 4 heteroatoms. The number of carbonyl (C=O) groups is 2. The van der Waals surface area contributed by atoms with Gasteiger partial charge in [-0.1, -0.05) is 0 Å². The van der Waals surface area contributed by atoms with Crippen LogP contribution in [0.5, 0.6) is 0 Å². The molecule has 4 fully saturated rings. The number of carboxylic acid groups (broad SMARTS) is 1. The Bertz CT molecular complexity index is 366. The number of aliphatic carboxylic acids is 1. The summed E-state index contributed by atoms with van der Waals surface area (Å²) in [6.07, 6.45) is 6.71. The Morgan fingerprint density at radius 3 is 2.00 bits per heavy atom. The van der Waals surface area contributed by atoms with Crippen LogP contribution < -0.4 is 5.11 Å². The topological polar surface area (TPSA) is 66.4 Å². The van der Waals surface area contributed by atoms with Crippen LogP contribution in [-0.4, -0.2) is 18.0 Å². The Morgan fingerprint density at radius 1 is 1.16 bits per heavy atom. The van der Waals surface area contributed by atoms with E-state index in [-0.39, 0.29) is 5.41 Å². The monoisotopic (exact) mass is 265 g/mol. The van der Waals surface area contributed by atoms with E-state index in [1.165, 1.54) is 26.2 Å². The van der Waals surface area contributed by atoms with Gasteiger partial charge in [-0.05, 0) is 68.1 Å². The molecule has 4 aliphatic carbocycles. The number of carbonyl (C=O) groups excluding carboxylic acids is 2. The van der Waals surface area contributed by atoms with Crippen molar-refractivity contribution in [1.29, 1.82) is 0 Å². The summed E-state index contributed by atoms with van der Waals surface area (Å²) in [6, 6.07) is 0. The van der Waals surface area contributed by atoms with Crippen LogP contribution in [0, 0.1) is 23.2 Å². The zero-order chi connectivity index (χ0) is 13.6. The van der Waals surface area contributed by atoms with E-state index in [2.05, 4.69) is 0 Å². The summed E-state index contributed by atoms with van der Waals surface area (Å²) in [5.41, 5.74) is 0.0922. The van der Waals surface area contributed by atoms with Crippen molar-refractivity contribution in [3.05, 3.63) is 0 Å². The number of carboxylic acids is 1. The van der Waals surface area contributed by atoms with Crippen LogP contribution in [0.15, 0.2) is 0 Å². The Labute approximate surface area is 113 Å². The molecule has 0 aromatic heterocycles. The standard InChI is InChI=1S/C15H22O4/c1-9(16)19-13(14(17)18)8-15-5-10-2-11(6-15)4-12(3-10)7-15/h10-13H,2-8H2,1H3,(H,17,18)/p-1. The van der Waals surface area contributed by atoms with Crippen LogP contribution >= 0.6 is 0 Å². The first-order valence-electron chi connectivity index (χ1n) is 7.34. The fourth-order valence-corrected chi connectivity index (χ4v) is 5.31. The number of hydrogen-bond acceptors (Lipinski definition) is 4. The highest BCUT2D eigenvalue weighted by Crippen LogP contribution is 2.61. The maximum Gasteiger partial charge on any atom is 0.303 e. The second kappa shape index (κ2) is 4.50. The van der Waals surface area contributed by atoms with Crippen LogP contribution in [0.1, 0.15) is 51.9 Å². The number of hydrogen-bond donors (Lipinski definition) is 0. The highest BCUT2D eigenvalue weighted by Gasteiger charge is 2.51. The van der Waals surface area contributed by atoms with Gasteiger partial charge in [0.15, 0.2) is 0 Å². The number of esters is 1. The summed E-state index contributed by atoms with van der Waals surface area (Å²) < 4.78 is 4.95. The van der Waals surface area contributed by atoms with Gasteiger partial charge >= 0.3 is 5.97 Å². The van der Waals surface area contributed by atoms with Gasteiger partial charge < -0.3 is 14.6 Å². The Kier molecular flexibility index (Phi) is 3.06. The van der Waals surface area contributed by atoms with Gasteiger partial charge in [0.1, 0.15) is 6.10 Å². The minimum Gasteiger partial charge on any atom is -0.546 e. The molecule has 0 N–H and O–H groups in total. The Hall–Kier alpha value is -1.06. The van der Waals surface area contributed by atoms with Crippen molar-refractivity contribution >= 4 is 11.9 Å². The van der Waals surface area contributed by atoms with E-state index in [4.69, 9.17) is 4.74 Å². The Morgan fingerprint density at radius 2 is 1.63 bits per heavy atom. The largest absolute Gasteiger partial charge is 0.546 e. The molecule has 0 aromatic carbocycles. The third-order valence-electron chi connectivity index (χ3n) is 5.35. The molecule has 4 nitrogen and oxygen atoms in total. The van der Waals surface area contributed by atoms with Gasteiger partial charge in [-0.2, -0.15) is 0 Å². The van der Waals surface area contributed by atoms with E-state index in [0.717, 1.165) is 37.0 Å². The second-order valence-corrected chi connectivity index (χ2v) is 7.04. The molecule has 106 valence electrons. The predicted molar refractivity (Wildman–Crippen MR) is 65.8 cm³/mol. The molecular weight excluding hydrogens is 244 g/mol. The first kappa shape index (κ1) is 12.9. The van der Waals surface area contributed by atoms with Crippen molar-refractivity contribution in [3.8, 4) is 0 Å². The SMILES string of the molecule is CC(=O)OC(CC12CC3CC(CC(C3)C1)C2)C(=O)[O-]. The fourth-order valence-electron chi connectivity index (χ4n) is 5.31. The molecule has 19 heavy (non-hydrogen) atoms. The van der Waals surface area contributed by atoms with Gasteiger partial charge in [0.2, 0.25) is 0 Å². The van der Waals surface area contributed by atoms with Crippen molar-refractivity contribution in [2.45, 2.75) is 58.0 Å². The first-order valence-corrected chi connectivity index (χ1v) is 7.34. The molecule has 0 aromatic rings. The van der Waals surface area contributed by atoms with E-state index in [1.807, 2.05) is 0 Å². The van der Waals surface area contributed by atoms with Crippen LogP contribution in [0.2, 0.25) is 0 Å². The zero-order valence-corrected chi connectivity index (χ0v) is 11.4. The van der Waals surface area contributed by atoms with Crippen molar-refractivity contribution < 1.29 is 19.4 Å². The molecule has 1 atom stereocenters. The third-order valence-corrected chi connectivity index (χ3v) is 5.35. The lowest BCUT2D eigenvalue weighted by atomic mass is 9.48. The molecule has 4 rings (SSSR count). The molecule has 0 radical (unpaired) electrons. The van der Waals surface area contributed by atoms with Crippen LogP contribution in [0.4, 0.5) is 0 Å². The zero-order valence-electron chi connectivity index (χ0n) is 11.4. The minimum absolute atomic E-state index is 0.0922. The van der Waals surface area contributed by atoms with Gasteiger partial charge in [-0.3, -0.25) is 4.79 Å². The molecule has 0 aliphatic heterocycles. The van der Waals surface area contributed by atoms with E-state index in [9.17, 15) is 14.7 Å². The van der Waals surface area contributed by atoms with E-state index >= 15 is 0 Å². The molecule has 4 aliphatic rings. The van der Waals surface area contributed by atoms with Crippen molar-refractivity contribution in [1.82, 2.24) is 0 Å².